The van der Waals surface area contributed by atoms with Crippen LogP contribution < -0.4 is 5.32 Å². The van der Waals surface area contributed by atoms with Gasteiger partial charge in [0.1, 0.15) is 0 Å². The van der Waals surface area contributed by atoms with Crippen LogP contribution in [0.4, 0.5) is 0 Å². The van der Waals surface area contributed by atoms with Gasteiger partial charge in [-0.15, -0.1) is 11.8 Å². The molecule has 4 nitrogen and oxygen atoms in total. The largest absolute Gasteiger partial charge is 0.465 e. The highest BCUT2D eigenvalue weighted by atomic mass is 32.2. The summed E-state index contributed by atoms with van der Waals surface area (Å²) in [5, 5.41) is 3.16. The first-order valence-corrected chi connectivity index (χ1v) is 9.30. The van der Waals surface area contributed by atoms with E-state index in [1.54, 1.807) is 17.8 Å². The van der Waals surface area contributed by atoms with Crippen molar-refractivity contribution in [2.24, 2.45) is 5.92 Å². The molecule has 0 heterocycles. The van der Waals surface area contributed by atoms with Crippen molar-refractivity contribution in [1.29, 1.82) is 0 Å². The van der Waals surface area contributed by atoms with Crippen LogP contribution in [0.5, 0.6) is 0 Å². The summed E-state index contributed by atoms with van der Waals surface area (Å²) < 4.78 is 4.72. The molecular weight excluding hydrogens is 310 g/mol. The van der Waals surface area contributed by atoms with Gasteiger partial charge < -0.3 is 10.1 Å². The quantitative estimate of drug-likeness (QED) is 0.810. The number of ether oxygens (including phenoxy) is 1. The Labute approximate surface area is 142 Å². The Morgan fingerprint density at radius 1 is 1.30 bits per heavy atom. The maximum atomic E-state index is 12.1. The summed E-state index contributed by atoms with van der Waals surface area (Å²) in [7, 11) is 1.38. The Bertz CT molecular complexity index is 547. The molecule has 2 atom stereocenters. The Balaban J connectivity index is 1.76. The van der Waals surface area contributed by atoms with Gasteiger partial charge in [0.2, 0.25) is 5.91 Å². The van der Waals surface area contributed by atoms with Gasteiger partial charge in [0.25, 0.3) is 0 Å². The fourth-order valence-electron chi connectivity index (χ4n) is 2.95. The van der Waals surface area contributed by atoms with Gasteiger partial charge in [0.15, 0.2) is 0 Å². The number of esters is 1. The van der Waals surface area contributed by atoms with E-state index >= 15 is 0 Å². The lowest BCUT2D eigenvalue weighted by atomic mass is 9.86. The van der Waals surface area contributed by atoms with E-state index in [2.05, 4.69) is 12.2 Å². The van der Waals surface area contributed by atoms with Crippen molar-refractivity contribution < 1.29 is 14.3 Å². The standard InChI is InChI=1S/C18H25NO3S/c1-13-6-3-4-9-16(13)19-17(20)12-23-11-14-7-5-8-15(10-14)18(21)22-2/h5,7-8,10,13,16H,3-4,6,9,11-12H2,1-2H3,(H,19,20)/t13-,16+/m1/s1. The van der Waals surface area contributed by atoms with Crippen LogP contribution in [0.1, 0.15) is 48.5 Å². The van der Waals surface area contributed by atoms with E-state index in [0.717, 1.165) is 12.0 Å². The third-order valence-corrected chi connectivity index (χ3v) is 5.31. The van der Waals surface area contributed by atoms with Crippen molar-refractivity contribution in [2.45, 2.75) is 44.4 Å². The molecule has 1 amide bonds. The molecule has 1 aliphatic rings. The van der Waals surface area contributed by atoms with Crippen molar-refractivity contribution in [2.75, 3.05) is 12.9 Å². The number of rotatable bonds is 6. The summed E-state index contributed by atoms with van der Waals surface area (Å²) in [5.74, 6) is 1.51. The zero-order valence-electron chi connectivity index (χ0n) is 13.8. The summed E-state index contributed by atoms with van der Waals surface area (Å²) in [6.45, 7) is 2.22. The van der Waals surface area contributed by atoms with Crippen molar-refractivity contribution in [3.8, 4) is 0 Å². The Hall–Kier alpha value is -1.49. The van der Waals surface area contributed by atoms with Crippen LogP contribution in [0.3, 0.4) is 0 Å². The highest BCUT2D eigenvalue weighted by molar-refractivity contribution is 7.99. The number of hydrogen-bond donors (Lipinski definition) is 1. The Morgan fingerprint density at radius 3 is 2.83 bits per heavy atom. The maximum absolute atomic E-state index is 12.1. The van der Waals surface area contributed by atoms with Crippen molar-refractivity contribution in [3.05, 3.63) is 35.4 Å². The highest BCUT2D eigenvalue weighted by Gasteiger charge is 2.22. The molecule has 23 heavy (non-hydrogen) atoms. The van der Waals surface area contributed by atoms with Gasteiger partial charge in [-0.1, -0.05) is 31.9 Å². The number of amides is 1. The third kappa shape index (κ3) is 5.57. The number of thioether (sulfide) groups is 1. The number of methoxy groups -OCH3 is 1. The highest BCUT2D eigenvalue weighted by Crippen LogP contribution is 2.24. The normalized spacial score (nSPS) is 20.8. The van der Waals surface area contributed by atoms with Crippen LogP contribution in [0.15, 0.2) is 24.3 Å². The van der Waals surface area contributed by atoms with Gasteiger partial charge in [-0.3, -0.25) is 4.79 Å². The topological polar surface area (TPSA) is 55.4 Å². The second-order valence-electron chi connectivity index (χ2n) is 6.12. The van der Waals surface area contributed by atoms with Gasteiger partial charge in [0.05, 0.1) is 18.4 Å². The Kier molecular flexibility index (Phi) is 6.96. The first kappa shape index (κ1) is 17.9. The maximum Gasteiger partial charge on any atom is 0.337 e. The molecule has 0 bridgehead atoms. The molecule has 0 unspecified atom stereocenters. The minimum Gasteiger partial charge on any atom is -0.465 e. The lowest BCUT2D eigenvalue weighted by Gasteiger charge is -2.29. The molecule has 1 aromatic carbocycles. The fraction of sp³-hybridized carbons (Fsp3) is 0.556. The monoisotopic (exact) mass is 335 g/mol. The molecule has 0 aliphatic heterocycles. The average Bonchev–Trinajstić information content (AvgIpc) is 2.56. The number of carbonyl (C=O) groups is 2. The SMILES string of the molecule is COC(=O)c1cccc(CSCC(=O)N[C@H]2CCCC[C@H]2C)c1. The summed E-state index contributed by atoms with van der Waals surface area (Å²) >= 11 is 1.57. The molecule has 1 saturated carbocycles. The molecule has 1 aliphatic carbocycles. The van der Waals surface area contributed by atoms with E-state index in [0.29, 0.717) is 29.0 Å². The second-order valence-corrected chi connectivity index (χ2v) is 7.11. The number of carbonyl (C=O) groups excluding carboxylic acids is 2. The predicted molar refractivity (Wildman–Crippen MR) is 93.5 cm³/mol. The average molecular weight is 335 g/mol. The fourth-order valence-corrected chi connectivity index (χ4v) is 3.73. The molecule has 1 aromatic rings. The molecule has 1 N–H and O–H groups in total. The second kappa shape index (κ2) is 8.96. The van der Waals surface area contributed by atoms with Crippen LogP contribution in [0.2, 0.25) is 0 Å². The smallest absolute Gasteiger partial charge is 0.337 e. The van der Waals surface area contributed by atoms with E-state index in [4.69, 9.17) is 4.74 Å². The van der Waals surface area contributed by atoms with Gasteiger partial charge in [-0.2, -0.15) is 0 Å². The summed E-state index contributed by atoms with van der Waals surface area (Å²) in [5.41, 5.74) is 1.57. The molecule has 0 saturated heterocycles. The van der Waals surface area contributed by atoms with Gasteiger partial charge >= 0.3 is 5.97 Å². The minimum atomic E-state index is -0.333. The lowest BCUT2D eigenvalue weighted by Crippen LogP contribution is -2.41. The van der Waals surface area contributed by atoms with Gasteiger partial charge in [0, 0.05) is 11.8 Å². The predicted octanol–water partition coefficient (Wildman–Crippen LogP) is 3.40. The summed E-state index contributed by atoms with van der Waals surface area (Å²) in [6.07, 6.45) is 4.79. The lowest BCUT2D eigenvalue weighted by molar-refractivity contribution is -0.119. The van der Waals surface area contributed by atoms with Crippen LogP contribution in [0.25, 0.3) is 0 Å². The van der Waals surface area contributed by atoms with Gasteiger partial charge in [-0.25, -0.2) is 4.79 Å². The molecule has 1 fully saturated rings. The van der Waals surface area contributed by atoms with E-state index in [1.807, 2.05) is 18.2 Å². The van der Waals surface area contributed by atoms with Crippen LogP contribution in [-0.2, 0) is 15.3 Å². The van der Waals surface area contributed by atoms with Crippen LogP contribution >= 0.6 is 11.8 Å². The zero-order valence-corrected chi connectivity index (χ0v) is 14.7. The minimum absolute atomic E-state index is 0.109. The number of hydrogen-bond acceptors (Lipinski definition) is 4. The molecule has 2 rings (SSSR count). The third-order valence-electron chi connectivity index (χ3n) is 4.31. The Morgan fingerprint density at radius 2 is 2.09 bits per heavy atom. The summed E-state index contributed by atoms with van der Waals surface area (Å²) in [6, 6.07) is 7.68. The molecule has 0 radical (unpaired) electrons. The van der Waals surface area contributed by atoms with E-state index in [1.165, 1.54) is 26.4 Å². The van der Waals surface area contributed by atoms with E-state index in [-0.39, 0.29) is 11.9 Å². The first-order chi connectivity index (χ1) is 11.1. The first-order valence-electron chi connectivity index (χ1n) is 8.14. The molecule has 0 aromatic heterocycles. The number of nitrogens with one attached hydrogen (secondary N) is 1. The van der Waals surface area contributed by atoms with Gasteiger partial charge in [-0.05, 0) is 36.5 Å². The zero-order chi connectivity index (χ0) is 16.7. The van der Waals surface area contributed by atoms with E-state index < -0.39 is 0 Å². The van der Waals surface area contributed by atoms with Crippen LogP contribution in [-0.4, -0.2) is 30.8 Å². The van der Waals surface area contributed by atoms with Crippen molar-refractivity contribution in [1.82, 2.24) is 5.32 Å². The molecule has 5 heteroatoms. The van der Waals surface area contributed by atoms with E-state index in [9.17, 15) is 9.59 Å². The number of benzene rings is 1. The molecule has 0 spiro atoms. The molecular formula is C18H25NO3S. The molecule has 126 valence electrons. The van der Waals surface area contributed by atoms with Crippen molar-refractivity contribution >= 4 is 23.6 Å². The van der Waals surface area contributed by atoms with Crippen molar-refractivity contribution in [3.63, 3.8) is 0 Å². The summed E-state index contributed by atoms with van der Waals surface area (Å²) in [4.78, 5) is 23.6. The van der Waals surface area contributed by atoms with Crippen LogP contribution in [0, 0.1) is 5.92 Å².